The van der Waals surface area contributed by atoms with Gasteiger partial charge in [0.1, 0.15) is 41.3 Å². The summed E-state index contributed by atoms with van der Waals surface area (Å²) in [5.74, 6) is -3.89. The van der Waals surface area contributed by atoms with E-state index in [9.17, 15) is 23.1 Å². The lowest BCUT2D eigenvalue weighted by atomic mass is 9.97. The number of methoxy groups -OCH3 is 2. The highest BCUT2D eigenvalue weighted by Gasteiger charge is 2.46. The van der Waals surface area contributed by atoms with Gasteiger partial charge in [-0.05, 0) is 38.8 Å². The van der Waals surface area contributed by atoms with Crippen molar-refractivity contribution in [3.8, 4) is 11.5 Å². The van der Waals surface area contributed by atoms with E-state index >= 15 is 0 Å². The molecular weight excluding hydrogens is 485 g/mol. The van der Waals surface area contributed by atoms with Gasteiger partial charge in [-0.3, -0.25) is 0 Å². The number of carbonyl (C=O) groups excluding carboxylic acids is 1. The number of carbonyl (C=O) groups is 1. The van der Waals surface area contributed by atoms with Crippen molar-refractivity contribution in [2.45, 2.75) is 63.6 Å². The van der Waals surface area contributed by atoms with Crippen molar-refractivity contribution >= 4 is 12.0 Å². The number of alkyl halides is 3. The highest BCUT2D eigenvalue weighted by molar-refractivity contribution is 5.97. The van der Waals surface area contributed by atoms with Gasteiger partial charge in [0, 0.05) is 13.2 Å². The fourth-order valence-electron chi connectivity index (χ4n) is 4.15. The van der Waals surface area contributed by atoms with Crippen LogP contribution in [0.15, 0.2) is 30.4 Å². The fraction of sp³-hybridized carbons (Fsp3) is 0.560. The summed E-state index contributed by atoms with van der Waals surface area (Å²) >= 11 is 0. The van der Waals surface area contributed by atoms with Gasteiger partial charge in [0.05, 0.1) is 13.2 Å². The Morgan fingerprint density at radius 3 is 2.53 bits per heavy atom. The first-order valence-corrected chi connectivity index (χ1v) is 11.4. The second-order valence-corrected chi connectivity index (χ2v) is 8.97. The molecule has 8 nitrogen and oxygen atoms in total. The summed E-state index contributed by atoms with van der Waals surface area (Å²) in [5.41, 5.74) is 0.211. The molecule has 3 rings (SSSR count). The SMILES string of the molecule is COCOc1cc(OC)cc2c1C(=O)OC(C)C(C(F)(F)F)/C=C\C(O)[C@H]1OC(C)(C)O[C@H]1CC=C2. The third-order valence-corrected chi connectivity index (χ3v) is 5.79. The number of aliphatic hydroxyl groups excluding tert-OH is 1. The molecule has 2 heterocycles. The molecule has 1 aromatic rings. The standard InChI is InChI=1S/C25H31F3O8/c1-14-17(25(26,27)28)9-10-18(29)22-19(35-24(2,3)36-22)8-6-7-15-11-16(32-5)12-20(33-13-31-4)21(15)23(30)34-14/h6-7,9-12,14,17-19,22,29H,8,13H2,1-5H3/b7-6?,10-9-/t14?,17?,18?,19-,22+/m0/s1. The van der Waals surface area contributed by atoms with Crippen LogP contribution in [-0.2, 0) is 18.9 Å². The summed E-state index contributed by atoms with van der Waals surface area (Å²) in [6.45, 7) is 4.22. The fourth-order valence-corrected chi connectivity index (χ4v) is 4.15. The normalized spacial score (nSPS) is 29.5. The lowest BCUT2D eigenvalue weighted by molar-refractivity contribution is -0.182. The molecule has 1 aromatic carbocycles. The predicted octanol–water partition coefficient (Wildman–Crippen LogP) is 4.26. The molecule has 1 N–H and O–H groups in total. The number of aliphatic hydroxyl groups is 1. The smallest absolute Gasteiger partial charge is 0.398 e. The summed E-state index contributed by atoms with van der Waals surface area (Å²) in [4.78, 5) is 13.2. The van der Waals surface area contributed by atoms with Crippen molar-refractivity contribution in [2.24, 2.45) is 5.92 Å². The molecule has 2 aliphatic heterocycles. The zero-order valence-corrected chi connectivity index (χ0v) is 20.7. The predicted molar refractivity (Wildman–Crippen MR) is 123 cm³/mol. The maximum atomic E-state index is 13.9. The first kappa shape index (κ1) is 28.0. The molecule has 0 aromatic heterocycles. The number of ether oxygens (including phenoxy) is 6. The minimum Gasteiger partial charge on any atom is -0.497 e. The molecule has 0 saturated carbocycles. The van der Waals surface area contributed by atoms with Crippen LogP contribution in [0.2, 0.25) is 0 Å². The Morgan fingerprint density at radius 2 is 1.89 bits per heavy atom. The zero-order chi connectivity index (χ0) is 26.7. The van der Waals surface area contributed by atoms with Crippen LogP contribution < -0.4 is 9.47 Å². The summed E-state index contributed by atoms with van der Waals surface area (Å²) in [7, 11) is 2.81. The van der Waals surface area contributed by atoms with Crippen LogP contribution >= 0.6 is 0 Å². The van der Waals surface area contributed by atoms with Gasteiger partial charge in [-0.25, -0.2) is 4.79 Å². The van der Waals surface area contributed by atoms with Gasteiger partial charge in [-0.2, -0.15) is 13.2 Å². The molecule has 200 valence electrons. The quantitative estimate of drug-likeness (QED) is 0.361. The molecule has 1 saturated heterocycles. The molecule has 0 amide bonds. The van der Waals surface area contributed by atoms with Crippen LogP contribution in [0.1, 0.15) is 43.1 Å². The average molecular weight is 517 g/mol. The monoisotopic (exact) mass is 516 g/mol. The number of hydrogen-bond acceptors (Lipinski definition) is 8. The van der Waals surface area contributed by atoms with Gasteiger partial charge >= 0.3 is 12.1 Å². The van der Waals surface area contributed by atoms with E-state index in [-0.39, 0.29) is 24.5 Å². The van der Waals surface area contributed by atoms with E-state index in [1.807, 2.05) is 0 Å². The van der Waals surface area contributed by atoms with Crippen molar-refractivity contribution in [3.63, 3.8) is 0 Å². The molecule has 2 aliphatic rings. The second kappa shape index (κ2) is 11.2. The molecule has 5 atom stereocenters. The Balaban J connectivity index is 2.13. The molecular formula is C25H31F3O8. The minimum atomic E-state index is -4.75. The van der Waals surface area contributed by atoms with E-state index in [0.29, 0.717) is 11.3 Å². The van der Waals surface area contributed by atoms with Crippen molar-refractivity contribution in [2.75, 3.05) is 21.0 Å². The Morgan fingerprint density at radius 1 is 1.17 bits per heavy atom. The average Bonchev–Trinajstić information content (AvgIpc) is 3.10. The van der Waals surface area contributed by atoms with Crippen molar-refractivity contribution < 1.29 is 51.5 Å². The van der Waals surface area contributed by atoms with Crippen molar-refractivity contribution in [1.82, 2.24) is 0 Å². The van der Waals surface area contributed by atoms with Crippen LogP contribution in [0.5, 0.6) is 11.5 Å². The minimum absolute atomic E-state index is 0.0223. The molecule has 0 aliphatic carbocycles. The molecule has 0 radical (unpaired) electrons. The third-order valence-electron chi connectivity index (χ3n) is 5.79. The van der Waals surface area contributed by atoms with E-state index in [2.05, 4.69) is 0 Å². The molecule has 1 fully saturated rings. The van der Waals surface area contributed by atoms with E-state index in [0.717, 1.165) is 19.1 Å². The Labute approximate surface area is 207 Å². The number of hydrogen-bond donors (Lipinski definition) is 1. The van der Waals surface area contributed by atoms with Gasteiger partial charge in [0.2, 0.25) is 0 Å². The van der Waals surface area contributed by atoms with Crippen molar-refractivity contribution in [3.05, 3.63) is 41.5 Å². The van der Waals surface area contributed by atoms with Crippen LogP contribution in [0.4, 0.5) is 13.2 Å². The largest absolute Gasteiger partial charge is 0.497 e. The summed E-state index contributed by atoms with van der Waals surface area (Å²) in [6.07, 6.45) is -4.02. The molecule has 36 heavy (non-hydrogen) atoms. The number of cyclic esters (lactones) is 1. The van der Waals surface area contributed by atoms with Gasteiger partial charge < -0.3 is 33.5 Å². The van der Waals surface area contributed by atoms with Crippen LogP contribution in [-0.4, -0.2) is 68.5 Å². The van der Waals surface area contributed by atoms with E-state index in [1.165, 1.54) is 26.4 Å². The number of fused-ring (bicyclic) bond motifs is 2. The summed E-state index contributed by atoms with van der Waals surface area (Å²) in [5, 5.41) is 10.7. The third kappa shape index (κ3) is 6.58. The highest BCUT2D eigenvalue weighted by Crippen LogP contribution is 2.37. The van der Waals surface area contributed by atoms with Crippen LogP contribution in [0, 0.1) is 5.92 Å². The zero-order valence-electron chi connectivity index (χ0n) is 20.7. The van der Waals surface area contributed by atoms with E-state index in [4.69, 9.17) is 28.4 Å². The first-order valence-electron chi connectivity index (χ1n) is 11.4. The number of rotatable bonds is 4. The van der Waals surface area contributed by atoms with Crippen LogP contribution in [0.25, 0.3) is 6.08 Å². The molecule has 0 bridgehead atoms. The summed E-state index contributed by atoms with van der Waals surface area (Å²) < 4.78 is 74.4. The Kier molecular flexibility index (Phi) is 8.71. The highest BCUT2D eigenvalue weighted by atomic mass is 19.4. The summed E-state index contributed by atoms with van der Waals surface area (Å²) in [6, 6.07) is 2.96. The van der Waals surface area contributed by atoms with E-state index < -0.39 is 48.3 Å². The topological polar surface area (TPSA) is 92.7 Å². The lowest BCUT2D eigenvalue weighted by Gasteiger charge is -2.26. The van der Waals surface area contributed by atoms with Gasteiger partial charge in [-0.15, -0.1) is 0 Å². The Bertz CT molecular complexity index is 988. The maximum Gasteiger partial charge on any atom is 0.398 e. The maximum absolute atomic E-state index is 13.9. The van der Waals surface area contributed by atoms with E-state index in [1.54, 1.807) is 26.0 Å². The van der Waals surface area contributed by atoms with Crippen molar-refractivity contribution in [1.29, 1.82) is 0 Å². The van der Waals surface area contributed by atoms with Gasteiger partial charge in [0.25, 0.3) is 0 Å². The molecule has 11 heteroatoms. The second-order valence-electron chi connectivity index (χ2n) is 8.97. The van der Waals surface area contributed by atoms with Crippen LogP contribution in [0.3, 0.4) is 0 Å². The Hall–Kier alpha value is -2.60. The van der Waals surface area contributed by atoms with Gasteiger partial charge in [-0.1, -0.05) is 24.3 Å². The number of esters is 1. The molecule has 3 unspecified atom stereocenters. The molecule has 0 spiro atoms. The number of benzene rings is 1. The lowest BCUT2D eigenvalue weighted by Crippen LogP contribution is -2.36. The first-order chi connectivity index (χ1) is 16.9. The van der Waals surface area contributed by atoms with Gasteiger partial charge in [0.15, 0.2) is 12.6 Å². The number of halogens is 3.